The van der Waals surface area contributed by atoms with Gasteiger partial charge in [-0.2, -0.15) is 0 Å². The number of hydrogen-bond donors (Lipinski definition) is 4. The lowest BCUT2D eigenvalue weighted by Gasteiger charge is -2.25. The molecule has 4 N–H and O–H groups in total. The van der Waals surface area contributed by atoms with Crippen LogP contribution >= 0.6 is 0 Å². The highest BCUT2D eigenvalue weighted by molar-refractivity contribution is 5.44. The van der Waals surface area contributed by atoms with Crippen molar-refractivity contribution in [1.29, 1.82) is 0 Å². The predicted octanol–water partition coefficient (Wildman–Crippen LogP) is 2.14. The van der Waals surface area contributed by atoms with E-state index in [-0.39, 0.29) is 42.3 Å². The van der Waals surface area contributed by atoms with E-state index in [4.69, 9.17) is 14.2 Å². The summed E-state index contributed by atoms with van der Waals surface area (Å²) in [7, 11) is 2.90. The van der Waals surface area contributed by atoms with Gasteiger partial charge >= 0.3 is 0 Å². The third-order valence-electron chi connectivity index (χ3n) is 5.10. The van der Waals surface area contributed by atoms with Crippen LogP contribution in [0.15, 0.2) is 36.4 Å². The zero-order valence-electron chi connectivity index (χ0n) is 15.2. The summed E-state index contributed by atoms with van der Waals surface area (Å²) in [6.45, 7) is 0.0776. The molecule has 7 heteroatoms. The summed E-state index contributed by atoms with van der Waals surface area (Å²) in [4.78, 5) is 0. The molecule has 1 saturated heterocycles. The number of ether oxygens (including phenoxy) is 3. The second kappa shape index (κ2) is 8.04. The Balaban J connectivity index is 1.86. The number of rotatable bonds is 6. The zero-order valence-corrected chi connectivity index (χ0v) is 15.2. The Hall–Kier alpha value is -2.48. The predicted molar refractivity (Wildman–Crippen MR) is 97.0 cm³/mol. The Bertz CT molecular complexity index is 792. The molecule has 1 heterocycles. The van der Waals surface area contributed by atoms with E-state index in [1.54, 1.807) is 24.3 Å². The molecule has 0 bridgehead atoms. The molecule has 0 aromatic heterocycles. The number of phenols is 2. The van der Waals surface area contributed by atoms with Crippen LogP contribution in [0.2, 0.25) is 0 Å². The molecule has 1 aliphatic rings. The molecule has 1 fully saturated rings. The first-order valence-corrected chi connectivity index (χ1v) is 8.64. The fourth-order valence-corrected chi connectivity index (χ4v) is 3.58. The number of phenolic OH excluding ortho intramolecular Hbond substituents is 2. The molecular formula is C20H24O7. The lowest BCUT2D eigenvalue weighted by atomic mass is 9.82. The summed E-state index contributed by atoms with van der Waals surface area (Å²) in [5.41, 5.74) is 1.32. The molecule has 0 spiro atoms. The van der Waals surface area contributed by atoms with Crippen molar-refractivity contribution in [2.24, 2.45) is 11.8 Å². The number of benzene rings is 2. The van der Waals surface area contributed by atoms with E-state index < -0.39 is 12.2 Å². The molecule has 0 radical (unpaired) electrons. The van der Waals surface area contributed by atoms with E-state index in [0.717, 1.165) is 5.56 Å². The molecular weight excluding hydrogens is 352 g/mol. The molecule has 146 valence electrons. The van der Waals surface area contributed by atoms with Crippen molar-refractivity contribution in [2.45, 2.75) is 12.2 Å². The third kappa shape index (κ3) is 3.66. The first kappa shape index (κ1) is 19.3. The average molecular weight is 376 g/mol. The van der Waals surface area contributed by atoms with Gasteiger partial charge in [0.15, 0.2) is 23.0 Å². The molecule has 0 amide bonds. The van der Waals surface area contributed by atoms with Gasteiger partial charge in [0, 0.05) is 18.4 Å². The number of aromatic hydroxyl groups is 2. The minimum Gasteiger partial charge on any atom is -0.504 e. The lowest BCUT2D eigenvalue weighted by Crippen LogP contribution is -2.25. The molecule has 2 aromatic carbocycles. The van der Waals surface area contributed by atoms with Crippen LogP contribution in [0, 0.1) is 11.8 Å². The highest BCUT2D eigenvalue weighted by Gasteiger charge is 2.42. The summed E-state index contributed by atoms with van der Waals surface area (Å²) in [6, 6.07) is 9.55. The fraction of sp³-hybridized carbons (Fsp3) is 0.400. The van der Waals surface area contributed by atoms with Gasteiger partial charge in [-0.05, 0) is 35.4 Å². The molecule has 3 rings (SSSR count). The van der Waals surface area contributed by atoms with Gasteiger partial charge in [-0.1, -0.05) is 12.1 Å². The Morgan fingerprint density at radius 2 is 1.67 bits per heavy atom. The van der Waals surface area contributed by atoms with Crippen LogP contribution in [0.25, 0.3) is 0 Å². The monoisotopic (exact) mass is 376 g/mol. The number of aliphatic hydroxyl groups excluding tert-OH is 2. The first-order chi connectivity index (χ1) is 13.0. The van der Waals surface area contributed by atoms with Crippen LogP contribution in [0.1, 0.15) is 23.3 Å². The van der Waals surface area contributed by atoms with Gasteiger partial charge in [-0.15, -0.1) is 0 Å². The summed E-state index contributed by atoms with van der Waals surface area (Å²) in [5.74, 6) is -0.106. The SMILES string of the molecule is COc1cc([C@@H](O)[C@H]2CO[C@@H](c3ccc(O)c(OC)c3)[C@@H]2CO)ccc1O. The van der Waals surface area contributed by atoms with Gasteiger partial charge in [0.05, 0.1) is 33.0 Å². The van der Waals surface area contributed by atoms with E-state index in [9.17, 15) is 20.4 Å². The van der Waals surface area contributed by atoms with Crippen molar-refractivity contribution in [2.75, 3.05) is 27.4 Å². The molecule has 27 heavy (non-hydrogen) atoms. The highest BCUT2D eigenvalue weighted by atomic mass is 16.5. The van der Waals surface area contributed by atoms with Gasteiger partial charge in [0.25, 0.3) is 0 Å². The molecule has 4 atom stereocenters. The van der Waals surface area contributed by atoms with Gasteiger partial charge in [0.2, 0.25) is 0 Å². The largest absolute Gasteiger partial charge is 0.504 e. The van der Waals surface area contributed by atoms with Crippen LogP contribution in [0.4, 0.5) is 0 Å². The smallest absolute Gasteiger partial charge is 0.160 e. The van der Waals surface area contributed by atoms with Gasteiger partial charge in [0.1, 0.15) is 0 Å². The van der Waals surface area contributed by atoms with Gasteiger partial charge < -0.3 is 34.6 Å². The number of aliphatic hydroxyl groups is 2. The molecule has 7 nitrogen and oxygen atoms in total. The van der Waals surface area contributed by atoms with Crippen LogP contribution < -0.4 is 9.47 Å². The summed E-state index contributed by atoms with van der Waals surface area (Å²) >= 11 is 0. The van der Waals surface area contributed by atoms with Crippen molar-refractivity contribution in [3.8, 4) is 23.0 Å². The summed E-state index contributed by atoms with van der Waals surface area (Å²) in [6.07, 6.45) is -1.34. The second-order valence-electron chi connectivity index (χ2n) is 6.57. The van der Waals surface area contributed by atoms with Crippen molar-refractivity contribution in [1.82, 2.24) is 0 Å². The standard InChI is InChI=1S/C20H24O7/c1-25-17-7-11(3-5-15(17)22)19(24)14-10-27-20(13(14)9-21)12-4-6-16(23)18(8-12)26-2/h3-8,13-14,19-24H,9-10H2,1-2H3/t13-,14+,19-,20+/m1/s1. The maximum Gasteiger partial charge on any atom is 0.160 e. The zero-order chi connectivity index (χ0) is 19.6. The first-order valence-electron chi connectivity index (χ1n) is 8.64. The summed E-state index contributed by atoms with van der Waals surface area (Å²) < 4.78 is 16.1. The molecule has 1 aliphatic heterocycles. The van der Waals surface area contributed by atoms with Gasteiger partial charge in [-0.3, -0.25) is 0 Å². The van der Waals surface area contributed by atoms with Crippen molar-refractivity contribution >= 4 is 0 Å². The number of methoxy groups -OCH3 is 2. The Morgan fingerprint density at radius 1 is 1.04 bits per heavy atom. The second-order valence-corrected chi connectivity index (χ2v) is 6.57. The third-order valence-corrected chi connectivity index (χ3v) is 5.10. The van der Waals surface area contributed by atoms with E-state index in [1.807, 2.05) is 0 Å². The van der Waals surface area contributed by atoms with Crippen molar-refractivity contribution in [3.63, 3.8) is 0 Å². The van der Waals surface area contributed by atoms with Crippen molar-refractivity contribution < 1.29 is 34.6 Å². The minimum atomic E-state index is -0.902. The minimum absolute atomic E-state index is 0.0103. The van der Waals surface area contributed by atoms with Crippen molar-refractivity contribution in [3.05, 3.63) is 47.5 Å². The van der Waals surface area contributed by atoms with E-state index in [2.05, 4.69) is 0 Å². The lowest BCUT2D eigenvalue weighted by molar-refractivity contribution is 0.0632. The number of hydrogen-bond acceptors (Lipinski definition) is 7. The topological polar surface area (TPSA) is 109 Å². The van der Waals surface area contributed by atoms with E-state index in [1.165, 1.54) is 26.4 Å². The average Bonchev–Trinajstić information content (AvgIpc) is 3.12. The quantitative estimate of drug-likeness (QED) is 0.612. The maximum atomic E-state index is 10.8. The van der Waals surface area contributed by atoms with Gasteiger partial charge in [-0.25, -0.2) is 0 Å². The highest BCUT2D eigenvalue weighted by Crippen LogP contribution is 2.45. The van der Waals surface area contributed by atoms with Crippen LogP contribution in [-0.2, 0) is 4.74 Å². The Morgan fingerprint density at radius 3 is 2.30 bits per heavy atom. The fourth-order valence-electron chi connectivity index (χ4n) is 3.58. The molecule has 0 aliphatic carbocycles. The van der Waals surface area contributed by atoms with Crippen LogP contribution in [0.5, 0.6) is 23.0 Å². The molecule has 0 unspecified atom stereocenters. The molecule has 0 saturated carbocycles. The molecule has 2 aromatic rings. The van der Waals surface area contributed by atoms with E-state index in [0.29, 0.717) is 11.3 Å². The maximum absolute atomic E-state index is 10.8. The Labute approximate surface area is 157 Å². The Kier molecular flexibility index (Phi) is 5.74. The normalized spacial score (nSPS) is 23.2. The van der Waals surface area contributed by atoms with E-state index >= 15 is 0 Å². The van der Waals surface area contributed by atoms with Crippen LogP contribution in [-0.4, -0.2) is 47.9 Å². The van der Waals surface area contributed by atoms with Crippen LogP contribution in [0.3, 0.4) is 0 Å². The summed E-state index contributed by atoms with van der Waals surface area (Å²) in [5, 5.41) is 40.3.